The molecule has 0 fully saturated rings. The second kappa shape index (κ2) is 7.93. The van der Waals surface area contributed by atoms with Crippen LogP contribution in [0.2, 0.25) is 0 Å². The van der Waals surface area contributed by atoms with Gasteiger partial charge in [-0.25, -0.2) is 4.57 Å². The van der Waals surface area contributed by atoms with Gasteiger partial charge >= 0.3 is 7.82 Å². The highest BCUT2D eigenvalue weighted by molar-refractivity contribution is 7.47. The fraction of sp³-hybridized carbons (Fsp3) is 0.385. The average molecular weight is 315 g/mol. The van der Waals surface area contributed by atoms with Crippen LogP contribution < -0.4 is 9.84 Å². The highest BCUT2D eigenvalue weighted by Crippen LogP contribution is 2.42. The molecule has 2 N–H and O–H groups in total. The molecule has 0 saturated heterocycles. The maximum absolute atomic E-state index is 11.7. The molecule has 0 radical (unpaired) electrons. The minimum atomic E-state index is -4.08. The van der Waals surface area contributed by atoms with Crippen molar-refractivity contribution in [1.29, 1.82) is 0 Å². The predicted molar refractivity (Wildman–Crippen MR) is 75.9 cm³/mol. The van der Waals surface area contributed by atoms with E-state index in [1.54, 1.807) is 19.1 Å². The van der Waals surface area contributed by atoms with Crippen LogP contribution in [0.15, 0.2) is 24.3 Å². The summed E-state index contributed by atoms with van der Waals surface area (Å²) in [7, 11) is -3.01. The van der Waals surface area contributed by atoms with Gasteiger partial charge in [0, 0.05) is 13.5 Å². The molecule has 1 unspecified atom stereocenters. The summed E-state index contributed by atoms with van der Waals surface area (Å²) in [5, 5.41) is 2.48. The molecule has 0 aromatic heterocycles. The molecule has 8 heteroatoms. The predicted octanol–water partition coefficient (Wildman–Crippen LogP) is 1.45. The van der Waals surface area contributed by atoms with Crippen molar-refractivity contribution in [2.45, 2.75) is 25.8 Å². The van der Waals surface area contributed by atoms with E-state index in [2.05, 4.69) is 9.84 Å². The third-order valence-electron chi connectivity index (χ3n) is 2.82. The smallest absolute Gasteiger partial charge is 0.404 e. The van der Waals surface area contributed by atoms with Crippen molar-refractivity contribution in [2.75, 3.05) is 7.11 Å². The lowest BCUT2D eigenvalue weighted by Gasteiger charge is -2.15. The maximum atomic E-state index is 11.7. The summed E-state index contributed by atoms with van der Waals surface area (Å²) in [5.74, 6) is 0.106. The van der Waals surface area contributed by atoms with E-state index < -0.39 is 13.9 Å². The van der Waals surface area contributed by atoms with Gasteiger partial charge in [0.25, 0.3) is 0 Å². The van der Waals surface area contributed by atoms with Crippen LogP contribution in [0, 0.1) is 0 Å². The number of phosphoric ester groups is 1. The maximum Gasteiger partial charge on any atom is 0.527 e. The number of hydrogen-bond acceptors (Lipinski definition) is 5. The van der Waals surface area contributed by atoms with Crippen LogP contribution in [0.25, 0.3) is 0 Å². The summed E-state index contributed by atoms with van der Waals surface area (Å²) in [6.07, 6.45) is 1.16. The van der Waals surface area contributed by atoms with Gasteiger partial charge in [0.2, 0.25) is 6.41 Å². The molecule has 21 heavy (non-hydrogen) atoms. The summed E-state index contributed by atoms with van der Waals surface area (Å²) in [6, 6.07) is 5.69. The zero-order valence-corrected chi connectivity index (χ0v) is 12.7. The molecule has 1 amide bonds. The fourth-order valence-electron chi connectivity index (χ4n) is 1.69. The normalized spacial score (nSPS) is 14.8. The Morgan fingerprint density at radius 3 is 2.52 bits per heavy atom. The van der Waals surface area contributed by atoms with Crippen molar-refractivity contribution < 1.29 is 28.1 Å². The Balaban J connectivity index is 2.75. The Kier molecular flexibility index (Phi) is 6.55. The van der Waals surface area contributed by atoms with Crippen LogP contribution in [0.1, 0.15) is 18.9 Å². The molecular weight excluding hydrogens is 297 g/mol. The molecule has 0 aliphatic heterocycles. The molecule has 1 rings (SSSR count). The van der Waals surface area contributed by atoms with Crippen molar-refractivity contribution in [3.63, 3.8) is 0 Å². The molecule has 0 heterocycles. The van der Waals surface area contributed by atoms with Gasteiger partial charge in [-0.3, -0.25) is 19.0 Å². The molecule has 1 aromatic rings. The number of hydrogen-bond donors (Lipinski definition) is 2. The minimum Gasteiger partial charge on any atom is -0.404 e. The number of carbonyl (C=O) groups excluding carboxylic acids is 2. The number of amides is 1. The van der Waals surface area contributed by atoms with E-state index in [4.69, 9.17) is 4.52 Å². The number of nitrogens with one attached hydrogen (secondary N) is 1. The lowest BCUT2D eigenvalue weighted by Crippen LogP contribution is -2.37. The lowest BCUT2D eigenvalue weighted by molar-refractivity contribution is -0.123. The van der Waals surface area contributed by atoms with Gasteiger partial charge < -0.3 is 9.84 Å². The first kappa shape index (κ1) is 17.4. The van der Waals surface area contributed by atoms with Gasteiger partial charge in [-0.1, -0.05) is 19.1 Å². The third-order valence-corrected chi connectivity index (χ3v) is 3.72. The standard InChI is InChI=1S/C13H18NO6P/c1-3-13(16)12(14-9-15)8-10-4-6-11(7-5-10)20-21(17,18)19-2/h4-7,9,12H,3,8H2,1-2H3,(H,14,15)(H,17,18)/t12-/m0/s1. The van der Waals surface area contributed by atoms with E-state index in [0.29, 0.717) is 19.3 Å². The van der Waals surface area contributed by atoms with Crippen molar-refractivity contribution in [3.8, 4) is 5.75 Å². The van der Waals surface area contributed by atoms with Gasteiger partial charge in [-0.2, -0.15) is 0 Å². The topological polar surface area (TPSA) is 102 Å². The zero-order valence-electron chi connectivity index (χ0n) is 11.8. The number of phosphoric acid groups is 1. The molecular formula is C13H18NO6P. The monoisotopic (exact) mass is 315 g/mol. The quantitative estimate of drug-likeness (QED) is 0.528. The van der Waals surface area contributed by atoms with Crippen LogP contribution >= 0.6 is 7.82 Å². The largest absolute Gasteiger partial charge is 0.527 e. The van der Waals surface area contributed by atoms with E-state index in [1.165, 1.54) is 12.1 Å². The summed E-state index contributed by atoms with van der Waals surface area (Å²) >= 11 is 0. The van der Waals surface area contributed by atoms with Gasteiger partial charge in [-0.15, -0.1) is 0 Å². The molecule has 0 spiro atoms. The van der Waals surface area contributed by atoms with E-state index in [9.17, 15) is 19.0 Å². The molecule has 0 aliphatic carbocycles. The summed E-state index contributed by atoms with van der Waals surface area (Å²) in [6.45, 7) is 1.72. The number of carbonyl (C=O) groups is 2. The first-order valence-corrected chi connectivity index (χ1v) is 7.81. The van der Waals surface area contributed by atoms with Crippen molar-refractivity contribution >= 4 is 20.0 Å². The second-order valence-corrected chi connectivity index (χ2v) is 5.73. The Labute approximate surface area is 122 Å². The Hall–Kier alpha value is -1.69. The number of benzene rings is 1. The van der Waals surface area contributed by atoms with Crippen LogP contribution in [0.4, 0.5) is 0 Å². The van der Waals surface area contributed by atoms with E-state index in [0.717, 1.165) is 12.7 Å². The SMILES string of the molecule is CCC(=O)[C@H](Cc1ccc(OP(=O)(O)OC)cc1)NC=O. The molecule has 0 saturated carbocycles. The van der Waals surface area contributed by atoms with E-state index in [-0.39, 0.29) is 11.5 Å². The van der Waals surface area contributed by atoms with Gasteiger partial charge in [0.05, 0.1) is 6.04 Å². The van der Waals surface area contributed by atoms with Crippen molar-refractivity contribution in [2.24, 2.45) is 0 Å². The third kappa shape index (κ3) is 5.67. The fourth-order valence-corrected chi connectivity index (χ4v) is 2.15. The summed E-state index contributed by atoms with van der Waals surface area (Å²) in [5.41, 5.74) is 0.786. The van der Waals surface area contributed by atoms with Gasteiger partial charge in [0.15, 0.2) is 5.78 Å². The number of rotatable bonds is 9. The molecule has 2 atom stereocenters. The minimum absolute atomic E-state index is 0.0679. The van der Waals surface area contributed by atoms with Crippen LogP contribution in [0.5, 0.6) is 5.75 Å². The Bertz CT molecular complexity index is 530. The van der Waals surface area contributed by atoms with E-state index >= 15 is 0 Å². The Morgan fingerprint density at radius 1 is 1.43 bits per heavy atom. The first-order chi connectivity index (χ1) is 9.91. The molecule has 0 bridgehead atoms. The molecule has 1 aromatic carbocycles. The number of ketones is 1. The molecule has 116 valence electrons. The van der Waals surface area contributed by atoms with Crippen LogP contribution in [-0.2, 0) is 25.1 Å². The van der Waals surface area contributed by atoms with E-state index in [1.807, 2.05) is 0 Å². The van der Waals surface area contributed by atoms with Crippen molar-refractivity contribution in [3.05, 3.63) is 29.8 Å². The average Bonchev–Trinajstić information content (AvgIpc) is 2.47. The summed E-state index contributed by atoms with van der Waals surface area (Å²) in [4.78, 5) is 31.4. The number of Topliss-reactive ketones (excluding diaryl/α,β-unsaturated/α-hetero) is 1. The zero-order chi connectivity index (χ0) is 15.9. The van der Waals surface area contributed by atoms with Crippen LogP contribution in [0.3, 0.4) is 0 Å². The van der Waals surface area contributed by atoms with Crippen LogP contribution in [-0.4, -0.2) is 30.2 Å². The molecule has 0 aliphatic rings. The van der Waals surface area contributed by atoms with Gasteiger partial charge in [-0.05, 0) is 24.1 Å². The van der Waals surface area contributed by atoms with Crippen molar-refractivity contribution in [1.82, 2.24) is 5.32 Å². The van der Waals surface area contributed by atoms with Gasteiger partial charge in [0.1, 0.15) is 5.75 Å². The highest BCUT2D eigenvalue weighted by Gasteiger charge is 2.20. The first-order valence-electron chi connectivity index (χ1n) is 6.31. The lowest BCUT2D eigenvalue weighted by atomic mass is 10.0. The highest BCUT2D eigenvalue weighted by atomic mass is 31.2. The summed E-state index contributed by atoms with van der Waals surface area (Å²) < 4.78 is 20.3. The second-order valence-electron chi connectivity index (χ2n) is 4.25. The molecule has 7 nitrogen and oxygen atoms in total. The Morgan fingerprint density at radius 2 is 2.05 bits per heavy atom.